The highest BCUT2D eigenvalue weighted by Gasteiger charge is 2.24. The van der Waals surface area contributed by atoms with Crippen molar-refractivity contribution in [3.8, 4) is 5.75 Å². The number of nitrogens with zero attached hydrogens (tertiary/aromatic N) is 1. The first-order chi connectivity index (χ1) is 8.51. The van der Waals surface area contributed by atoms with Crippen molar-refractivity contribution < 1.29 is 19.2 Å². The smallest absolute Gasteiger partial charge is 0.322 e. The molecular formula is C11H14N2O5. The second-order valence-corrected chi connectivity index (χ2v) is 3.56. The molecule has 1 aromatic rings. The fourth-order valence-electron chi connectivity index (χ4n) is 1.58. The topological polar surface area (TPSA) is 105 Å². The average molecular weight is 254 g/mol. The summed E-state index contributed by atoms with van der Waals surface area (Å²) in [4.78, 5) is 21.6. The maximum absolute atomic E-state index is 11.2. The molecule has 1 atom stereocenters. The van der Waals surface area contributed by atoms with Crippen molar-refractivity contribution >= 4 is 11.7 Å². The zero-order chi connectivity index (χ0) is 13.7. The zero-order valence-electron chi connectivity index (χ0n) is 10.1. The van der Waals surface area contributed by atoms with Gasteiger partial charge in [-0.2, -0.15) is 0 Å². The predicted octanol–water partition coefficient (Wildman–Crippen LogP) is 0.646. The molecule has 0 heterocycles. The van der Waals surface area contributed by atoms with Gasteiger partial charge < -0.3 is 15.2 Å². The van der Waals surface area contributed by atoms with E-state index in [9.17, 15) is 14.9 Å². The summed E-state index contributed by atoms with van der Waals surface area (Å²) in [6.07, 6.45) is 0.0141. The van der Waals surface area contributed by atoms with Crippen molar-refractivity contribution in [3.63, 3.8) is 0 Å². The number of nitrogens with two attached hydrogens (primary N) is 1. The molecule has 7 nitrogen and oxygen atoms in total. The van der Waals surface area contributed by atoms with E-state index in [1.807, 2.05) is 0 Å². The summed E-state index contributed by atoms with van der Waals surface area (Å²) < 4.78 is 9.39. The van der Waals surface area contributed by atoms with E-state index in [2.05, 4.69) is 4.74 Å². The lowest BCUT2D eigenvalue weighted by molar-refractivity contribution is -0.386. The van der Waals surface area contributed by atoms with Crippen LogP contribution in [0, 0.1) is 10.1 Å². The first-order valence-corrected chi connectivity index (χ1v) is 5.15. The summed E-state index contributed by atoms with van der Waals surface area (Å²) in [5, 5.41) is 11.0. The van der Waals surface area contributed by atoms with Crippen LogP contribution in [-0.2, 0) is 16.0 Å². The number of carbonyl (C=O) groups is 1. The maximum atomic E-state index is 11.2. The molecule has 1 rings (SSSR count). The number of ether oxygens (including phenoxy) is 2. The number of esters is 1. The van der Waals surface area contributed by atoms with Crippen LogP contribution in [0.15, 0.2) is 18.2 Å². The van der Waals surface area contributed by atoms with Gasteiger partial charge in [0, 0.05) is 12.0 Å². The van der Waals surface area contributed by atoms with Crippen LogP contribution in [0.2, 0.25) is 0 Å². The van der Waals surface area contributed by atoms with Crippen molar-refractivity contribution in [1.82, 2.24) is 0 Å². The minimum atomic E-state index is -0.944. The van der Waals surface area contributed by atoms with E-state index >= 15 is 0 Å². The van der Waals surface area contributed by atoms with Gasteiger partial charge in [0.1, 0.15) is 6.04 Å². The van der Waals surface area contributed by atoms with Crippen molar-refractivity contribution in [2.24, 2.45) is 5.73 Å². The van der Waals surface area contributed by atoms with Crippen molar-refractivity contribution in [2.75, 3.05) is 14.2 Å². The molecule has 0 fully saturated rings. The van der Waals surface area contributed by atoms with Crippen molar-refractivity contribution in [2.45, 2.75) is 12.5 Å². The minimum absolute atomic E-state index is 0.0141. The Morgan fingerprint density at radius 1 is 1.50 bits per heavy atom. The third-order valence-corrected chi connectivity index (χ3v) is 2.43. The highest BCUT2D eigenvalue weighted by atomic mass is 16.6. The molecule has 0 radical (unpaired) electrons. The number of nitro benzene ring substituents is 1. The summed E-state index contributed by atoms with van der Waals surface area (Å²) in [5.41, 5.74) is 5.73. The molecule has 0 aromatic heterocycles. The summed E-state index contributed by atoms with van der Waals surface area (Å²) in [6, 6.07) is 3.67. The van der Waals surface area contributed by atoms with E-state index in [0.717, 1.165) is 0 Å². The SMILES string of the molecule is COC(=O)C(N)Cc1cccc(OC)c1[N+](=O)[O-]. The van der Waals surface area contributed by atoms with Gasteiger partial charge in [-0.05, 0) is 6.07 Å². The van der Waals surface area contributed by atoms with Crippen LogP contribution in [-0.4, -0.2) is 31.2 Å². The first kappa shape index (κ1) is 13.9. The summed E-state index contributed by atoms with van der Waals surface area (Å²) in [5.74, 6) is -0.485. The van der Waals surface area contributed by atoms with Gasteiger partial charge in [-0.25, -0.2) is 0 Å². The Morgan fingerprint density at radius 3 is 2.67 bits per heavy atom. The van der Waals surface area contributed by atoms with Gasteiger partial charge in [0.05, 0.1) is 19.1 Å². The number of hydrogen-bond acceptors (Lipinski definition) is 6. The van der Waals surface area contributed by atoms with Crippen LogP contribution in [0.4, 0.5) is 5.69 Å². The lowest BCUT2D eigenvalue weighted by atomic mass is 10.0. The Bertz CT molecular complexity index is 461. The highest BCUT2D eigenvalue weighted by Crippen LogP contribution is 2.31. The van der Waals surface area contributed by atoms with Gasteiger partial charge in [0.2, 0.25) is 0 Å². The van der Waals surface area contributed by atoms with Crippen LogP contribution in [0.3, 0.4) is 0 Å². The van der Waals surface area contributed by atoms with Gasteiger partial charge in [0.15, 0.2) is 5.75 Å². The lowest BCUT2D eigenvalue weighted by Crippen LogP contribution is -2.33. The molecule has 18 heavy (non-hydrogen) atoms. The van der Waals surface area contributed by atoms with E-state index < -0.39 is 16.9 Å². The van der Waals surface area contributed by atoms with Crippen LogP contribution in [0.25, 0.3) is 0 Å². The Labute approximate surface area is 104 Å². The average Bonchev–Trinajstić information content (AvgIpc) is 2.36. The molecule has 0 bridgehead atoms. The predicted molar refractivity (Wildman–Crippen MR) is 63.3 cm³/mol. The number of methoxy groups -OCH3 is 2. The van der Waals surface area contributed by atoms with E-state index in [1.54, 1.807) is 6.07 Å². The number of hydrogen-bond donors (Lipinski definition) is 1. The van der Waals surface area contributed by atoms with Crippen LogP contribution in [0.5, 0.6) is 5.75 Å². The van der Waals surface area contributed by atoms with Gasteiger partial charge in [0.25, 0.3) is 0 Å². The fraction of sp³-hybridized carbons (Fsp3) is 0.364. The van der Waals surface area contributed by atoms with Crippen molar-refractivity contribution in [1.29, 1.82) is 0 Å². The Balaban J connectivity index is 3.09. The minimum Gasteiger partial charge on any atom is -0.490 e. The number of carbonyl (C=O) groups excluding carboxylic acids is 1. The molecular weight excluding hydrogens is 240 g/mol. The largest absolute Gasteiger partial charge is 0.490 e. The highest BCUT2D eigenvalue weighted by molar-refractivity contribution is 5.76. The summed E-state index contributed by atoms with van der Waals surface area (Å²) >= 11 is 0. The molecule has 0 aliphatic rings. The van der Waals surface area contributed by atoms with E-state index in [0.29, 0.717) is 5.56 Å². The molecule has 1 unspecified atom stereocenters. The van der Waals surface area contributed by atoms with Crippen LogP contribution >= 0.6 is 0 Å². The monoisotopic (exact) mass is 254 g/mol. The molecule has 2 N–H and O–H groups in total. The molecule has 0 amide bonds. The fourth-order valence-corrected chi connectivity index (χ4v) is 1.58. The first-order valence-electron chi connectivity index (χ1n) is 5.15. The summed E-state index contributed by atoms with van der Waals surface area (Å²) in [6.45, 7) is 0. The van der Waals surface area contributed by atoms with Crippen LogP contribution < -0.4 is 10.5 Å². The molecule has 0 aliphatic carbocycles. The van der Waals surface area contributed by atoms with Crippen molar-refractivity contribution in [3.05, 3.63) is 33.9 Å². The van der Waals surface area contributed by atoms with Gasteiger partial charge >= 0.3 is 11.7 Å². The second kappa shape index (κ2) is 5.97. The quantitative estimate of drug-likeness (QED) is 0.470. The standard InChI is InChI=1S/C11H14N2O5/c1-17-9-5-3-4-7(10(9)13(15)16)6-8(12)11(14)18-2/h3-5,8H,6,12H2,1-2H3. The number of para-hydroxylation sites is 1. The van der Waals surface area contributed by atoms with E-state index in [-0.39, 0.29) is 17.9 Å². The lowest BCUT2D eigenvalue weighted by Gasteiger charge is -2.10. The number of rotatable bonds is 5. The molecule has 0 saturated carbocycles. The zero-order valence-corrected chi connectivity index (χ0v) is 10.1. The Kier molecular flexibility index (Phi) is 4.61. The number of benzene rings is 1. The molecule has 98 valence electrons. The molecule has 0 aliphatic heterocycles. The summed E-state index contributed by atoms with van der Waals surface area (Å²) in [7, 11) is 2.55. The van der Waals surface area contributed by atoms with Crippen LogP contribution in [0.1, 0.15) is 5.56 Å². The van der Waals surface area contributed by atoms with Gasteiger partial charge in [-0.1, -0.05) is 12.1 Å². The van der Waals surface area contributed by atoms with E-state index in [4.69, 9.17) is 10.5 Å². The maximum Gasteiger partial charge on any atom is 0.322 e. The van der Waals surface area contributed by atoms with E-state index in [1.165, 1.54) is 26.4 Å². The second-order valence-electron chi connectivity index (χ2n) is 3.56. The molecule has 0 spiro atoms. The third kappa shape index (κ3) is 2.95. The van der Waals surface area contributed by atoms with Gasteiger partial charge in [-0.3, -0.25) is 14.9 Å². The Hall–Kier alpha value is -2.15. The molecule has 7 heteroatoms. The molecule has 0 saturated heterocycles. The Morgan fingerprint density at radius 2 is 2.17 bits per heavy atom. The van der Waals surface area contributed by atoms with Gasteiger partial charge in [-0.15, -0.1) is 0 Å². The molecule has 1 aromatic carbocycles. The number of nitro groups is 1. The normalized spacial score (nSPS) is 11.7. The third-order valence-electron chi connectivity index (χ3n) is 2.43.